The highest BCUT2D eigenvalue weighted by Gasteiger charge is 2.25. The Hall–Kier alpha value is -7.47. The maximum absolute atomic E-state index is 5.35. The van der Waals surface area contributed by atoms with E-state index in [1.807, 2.05) is 47.7 Å². The van der Waals surface area contributed by atoms with Crippen LogP contribution >= 0.6 is 11.3 Å². The molecule has 270 valence electrons. The van der Waals surface area contributed by atoms with Crippen LogP contribution in [0.25, 0.3) is 115 Å². The maximum Gasteiger partial charge on any atom is 0.238 e. The molecular weight excluding hydrogens is 725 g/mol. The van der Waals surface area contributed by atoms with Gasteiger partial charge in [0.15, 0.2) is 11.6 Å². The zero-order chi connectivity index (χ0) is 38.2. The Labute approximate surface area is 338 Å². The highest BCUT2D eigenvalue weighted by Crippen LogP contribution is 2.50. The van der Waals surface area contributed by atoms with Crippen molar-refractivity contribution in [1.82, 2.24) is 19.5 Å². The molecule has 0 saturated carbocycles. The summed E-state index contributed by atoms with van der Waals surface area (Å²) in [5.41, 5.74) is 8.79. The number of thiophene rings is 1. The quantitative estimate of drug-likeness (QED) is 0.176. The zero-order valence-corrected chi connectivity index (χ0v) is 32.0. The van der Waals surface area contributed by atoms with E-state index in [9.17, 15) is 0 Å². The minimum absolute atomic E-state index is 0.585. The van der Waals surface area contributed by atoms with E-state index in [1.54, 1.807) is 0 Å². The normalized spacial score (nSPS) is 11.8. The first kappa shape index (κ1) is 32.7. The molecular formula is C53H32N4S. The van der Waals surface area contributed by atoms with E-state index < -0.39 is 0 Å². The molecule has 0 N–H and O–H groups in total. The van der Waals surface area contributed by atoms with E-state index in [-0.39, 0.29) is 0 Å². The molecule has 0 amide bonds. The minimum Gasteiger partial charge on any atom is -0.277 e. The molecule has 9 aromatic carbocycles. The number of fused-ring (bicyclic) bond motifs is 11. The molecule has 12 rings (SSSR count). The summed E-state index contributed by atoms with van der Waals surface area (Å²) >= 11 is 1.88. The van der Waals surface area contributed by atoms with Crippen LogP contribution in [0.15, 0.2) is 194 Å². The van der Waals surface area contributed by atoms with Crippen LogP contribution in [0.3, 0.4) is 0 Å². The van der Waals surface area contributed by atoms with Gasteiger partial charge in [-0.1, -0.05) is 176 Å². The smallest absolute Gasteiger partial charge is 0.238 e. The first-order valence-electron chi connectivity index (χ1n) is 19.5. The number of nitrogens with zero attached hydrogens (tertiary/aromatic N) is 4. The second-order valence-corrected chi connectivity index (χ2v) is 15.8. The van der Waals surface area contributed by atoms with Gasteiger partial charge in [-0.25, -0.2) is 4.98 Å². The average Bonchev–Trinajstić information content (AvgIpc) is 3.86. The van der Waals surface area contributed by atoms with E-state index in [2.05, 4.69) is 162 Å². The first-order chi connectivity index (χ1) is 28.8. The first-order valence-corrected chi connectivity index (χ1v) is 20.3. The molecule has 0 bridgehead atoms. The molecule has 3 heterocycles. The summed E-state index contributed by atoms with van der Waals surface area (Å²) in [6.07, 6.45) is 0. The van der Waals surface area contributed by atoms with Gasteiger partial charge in [-0.2, -0.15) is 9.97 Å². The van der Waals surface area contributed by atoms with E-state index in [4.69, 9.17) is 15.0 Å². The van der Waals surface area contributed by atoms with Crippen LogP contribution in [-0.2, 0) is 0 Å². The second-order valence-electron chi connectivity index (χ2n) is 14.8. The third-order valence-electron chi connectivity index (χ3n) is 11.4. The van der Waals surface area contributed by atoms with Crippen LogP contribution in [-0.4, -0.2) is 19.5 Å². The number of benzene rings is 9. The summed E-state index contributed by atoms with van der Waals surface area (Å²) in [6, 6.07) is 69.0. The molecule has 0 aliphatic rings. The summed E-state index contributed by atoms with van der Waals surface area (Å²) in [4.78, 5) is 15.8. The van der Waals surface area contributed by atoms with E-state index in [0.29, 0.717) is 17.6 Å². The van der Waals surface area contributed by atoms with Gasteiger partial charge in [-0.3, -0.25) is 4.57 Å². The fraction of sp³-hybridized carbons (Fsp3) is 0. The number of hydrogen-bond donors (Lipinski definition) is 0. The molecule has 0 aliphatic carbocycles. The predicted molar refractivity (Wildman–Crippen MR) is 244 cm³/mol. The van der Waals surface area contributed by atoms with E-state index >= 15 is 0 Å². The molecule has 12 aromatic rings. The van der Waals surface area contributed by atoms with Gasteiger partial charge in [0.2, 0.25) is 5.95 Å². The van der Waals surface area contributed by atoms with Crippen LogP contribution in [0.2, 0.25) is 0 Å². The Morgan fingerprint density at radius 1 is 0.362 bits per heavy atom. The van der Waals surface area contributed by atoms with Crippen LogP contribution in [0.1, 0.15) is 0 Å². The van der Waals surface area contributed by atoms with Crippen LogP contribution < -0.4 is 0 Å². The molecule has 4 nitrogen and oxygen atoms in total. The topological polar surface area (TPSA) is 43.6 Å². The Kier molecular flexibility index (Phi) is 7.37. The molecule has 0 atom stereocenters. The second kappa shape index (κ2) is 13.1. The molecule has 0 fully saturated rings. The molecule has 0 radical (unpaired) electrons. The van der Waals surface area contributed by atoms with Crippen molar-refractivity contribution in [1.29, 1.82) is 0 Å². The standard InChI is InChI=1S/C53H32N4S/c1-4-16-34(17-5-1)40-25-14-26-43-47-48-46(41-23-12-13-24-42(41)50(47)58-49(40)43)44-32-39(38-28-27-33-15-10-11-22-37(33)31-38)29-30-45(44)57(48)53-55-51(35-18-6-2-7-19-35)54-52(56-53)36-20-8-3-9-21-36/h1-32H. The largest absolute Gasteiger partial charge is 0.277 e. The van der Waals surface area contributed by atoms with Crippen molar-refractivity contribution in [3.05, 3.63) is 194 Å². The van der Waals surface area contributed by atoms with Crippen LogP contribution in [0, 0.1) is 0 Å². The zero-order valence-electron chi connectivity index (χ0n) is 31.2. The summed E-state index contributed by atoms with van der Waals surface area (Å²) in [6.45, 7) is 0. The van der Waals surface area contributed by atoms with Gasteiger partial charge in [-0.15, -0.1) is 11.3 Å². The highest BCUT2D eigenvalue weighted by molar-refractivity contribution is 7.27. The summed E-state index contributed by atoms with van der Waals surface area (Å²) < 4.78 is 4.83. The molecule has 0 unspecified atom stereocenters. The number of aromatic nitrogens is 4. The monoisotopic (exact) mass is 756 g/mol. The molecule has 0 spiro atoms. The molecule has 58 heavy (non-hydrogen) atoms. The van der Waals surface area contributed by atoms with Crippen molar-refractivity contribution in [3.63, 3.8) is 0 Å². The maximum atomic E-state index is 5.35. The number of rotatable bonds is 5. The van der Waals surface area contributed by atoms with Gasteiger partial charge in [0.05, 0.1) is 11.0 Å². The van der Waals surface area contributed by atoms with Gasteiger partial charge < -0.3 is 0 Å². The lowest BCUT2D eigenvalue weighted by Gasteiger charge is -2.12. The van der Waals surface area contributed by atoms with Gasteiger partial charge in [0, 0.05) is 47.5 Å². The van der Waals surface area contributed by atoms with Crippen LogP contribution in [0.4, 0.5) is 0 Å². The fourth-order valence-corrected chi connectivity index (χ4v) is 10.1. The highest BCUT2D eigenvalue weighted by atomic mass is 32.1. The Morgan fingerprint density at radius 3 is 1.67 bits per heavy atom. The van der Waals surface area contributed by atoms with Gasteiger partial charge in [-0.05, 0) is 56.6 Å². The Bertz CT molecular complexity index is 3500. The Morgan fingerprint density at radius 2 is 0.948 bits per heavy atom. The Balaban J connectivity index is 1.26. The average molecular weight is 757 g/mol. The van der Waals surface area contributed by atoms with Crippen molar-refractivity contribution in [2.75, 3.05) is 0 Å². The third-order valence-corrected chi connectivity index (χ3v) is 12.7. The lowest BCUT2D eigenvalue weighted by atomic mass is 9.96. The molecule has 5 heteroatoms. The molecule has 0 aliphatic heterocycles. The van der Waals surface area contributed by atoms with Gasteiger partial charge >= 0.3 is 0 Å². The third kappa shape index (κ3) is 5.11. The fourth-order valence-electron chi connectivity index (χ4n) is 8.74. The van der Waals surface area contributed by atoms with E-state index in [0.717, 1.165) is 33.1 Å². The lowest BCUT2D eigenvalue weighted by molar-refractivity contribution is 0.955. The van der Waals surface area contributed by atoms with Crippen molar-refractivity contribution in [2.24, 2.45) is 0 Å². The van der Waals surface area contributed by atoms with Crippen LogP contribution in [0.5, 0.6) is 0 Å². The molecule has 3 aromatic heterocycles. The van der Waals surface area contributed by atoms with Gasteiger partial charge in [0.25, 0.3) is 0 Å². The van der Waals surface area contributed by atoms with Crippen molar-refractivity contribution in [3.8, 4) is 51.0 Å². The predicted octanol–water partition coefficient (Wildman–Crippen LogP) is 14.3. The summed E-state index contributed by atoms with van der Waals surface area (Å²) in [7, 11) is 0. The SMILES string of the molecule is c1ccc(-c2nc(-c3ccccc3)nc(-n3c4ccc(-c5ccc6ccccc6c5)cc4c4c5ccccc5c5sc6c(-c7ccccc7)cccc6c5c43)n2)cc1. The van der Waals surface area contributed by atoms with Crippen molar-refractivity contribution >= 4 is 74.9 Å². The molecule has 0 saturated heterocycles. The lowest BCUT2D eigenvalue weighted by Crippen LogP contribution is -2.06. The minimum atomic E-state index is 0.585. The van der Waals surface area contributed by atoms with E-state index in [1.165, 1.54) is 63.8 Å². The van der Waals surface area contributed by atoms with Crippen molar-refractivity contribution in [2.45, 2.75) is 0 Å². The summed E-state index contributed by atoms with van der Waals surface area (Å²) in [5.74, 6) is 1.85. The van der Waals surface area contributed by atoms with Crippen molar-refractivity contribution < 1.29 is 0 Å². The van der Waals surface area contributed by atoms with Gasteiger partial charge in [0.1, 0.15) is 0 Å². The summed E-state index contributed by atoms with van der Waals surface area (Å²) in [5, 5.41) is 9.67. The number of hydrogen-bond acceptors (Lipinski definition) is 4.